The van der Waals surface area contributed by atoms with Crippen molar-refractivity contribution in [2.24, 2.45) is 11.3 Å². The Hall–Kier alpha value is -0.680. The average molecular weight is 283 g/mol. The van der Waals surface area contributed by atoms with Gasteiger partial charge in [0.05, 0.1) is 0 Å². The normalized spacial score (nSPS) is 35.2. The van der Waals surface area contributed by atoms with Crippen LogP contribution in [-0.4, -0.2) is 41.6 Å². The number of thiocarbonyl (C=S) groups is 1. The van der Waals surface area contributed by atoms with E-state index in [0.29, 0.717) is 16.4 Å². The molecule has 2 N–H and O–H groups in total. The molecule has 2 heterocycles. The quantitative estimate of drug-likeness (QED) is 0.754. The third kappa shape index (κ3) is 3.08. The van der Waals surface area contributed by atoms with Crippen LogP contribution in [0.3, 0.4) is 0 Å². The molecule has 2 saturated heterocycles. The Labute approximate surface area is 121 Å². The fourth-order valence-electron chi connectivity index (χ4n) is 3.13. The smallest absolute Gasteiger partial charge is 0.253 e. The number of hydrogen-bond acceptors (Lipinski definition) is 3. The highest BCUT2D eigenvalue weighted by atomic mass is 32.1. The van der Waals surface area contributed by atoms with Crippen molar-refractivity contribution in [2.75, 3.05) is 20.1 Å². The van der Waals surface area contributed by atoms with E-state index in [0.717, 1.165) is 19.5 Å². The van der Waals surface area contributed by atoms with E-state index in [2.05, 4.69) is 24.5 Å². The van der Waals surface area contributed by atoms with Gasteiger partial charge in [0.2, 0.25) is 0 Å². The van der Waals surface area contributed by atoms with Gasteiger partial charge in [-0.05, 0) is 56.3 Å². The van der Waals surface area contributed by atoms with Crippen molar-refractivity contribution in [2.45, 2.75) is 45.6 Å². The Morgan fingerprint density at radius 1 is 1.42 bits per heavy atom. The lowest BCUT2D eigenvalue weighted by molar-refractivity contribution is -0.130. The van der Waals surface area contributed by atoms with Crippen molar-refractivity contribution in [1.29, 1.82) is 0 Å². The maximum absolute atomic E-state index is 12.3. The highest BCUT2D eigenvalue weighted by molar-refractivity contribution is 7.80. The van der Waals surface area contributed by atoms with Gasteiger partial charge in [0.1, 0.15) is 5.54 Å². The predicted octanol–water partition coefficient (Wildman–Crippen LogP) is 1.51. The zero-order chi connectivity index (χ0) is 14.3. The second-order valence-corrected chi connectivity index (χ2v) is 7.42. The molecule has 0 aromatic carbocycles. The highest BCUT2D eigenvalue weighted by Crippen LogP contribution is 2.32. The molecular formula is C14H25N3OS. The number of likely N-dealkylation sites (N-methyl/N-ethyl adjacent to an activating group) is 1. The summed E-state index contributed by atoms with van der Waals surface area (Å²) in [5, 5.41) is 7.28. The van der Waals surface area contributed by atoms with Gasteiger partial charge in [0, 0.05) is 13.6 Å². The zero-order valence-electron chi connectivity index (χ0n) is 12.4. The molecule has 0 radical (unpaired) electrons. The lowest BCUT2D eigenvalue weighted by Gasteiger charge is -2.27. The van der Waals surface area contributed by atoms with Gasteiger partial charge in [-0.2, -0.15) is 0 Å². The molecule has 5 heteroatoms. The average Bonchev–Trinajstić information content (AvgIpc) is 2.46. The maximum atomic E-state index is 12.3. The standard InChI is InChI=1S/C14H25N3OS/c1-13(2)6-5-10(8-15-9-13)7-14(3)11(18)17(4)12(19)16-14/h10,15H,5-9H2,1-4H3,(H,16,19)/t10-,14?/m0/s1. The number of hydrogen-bond donors (Lipinski definition) is 2. The number of amides is 1. The number of carbonyl (C=O) groups is 1. The van der Waals surface area contributed by atoms with Gasteiger partial charge in [-0.1, -0.05) is 13.8 Å². The van der Waals surface area contributed by atoms with Crippen LogP contribution in [0, 0.1) is 11.3 Å². The van der Waals surface area contributed by atoms with Crippen LogP contribution in [0.2, 0.25) is 0 Å². The largest absolute Gasteiger partial charge is 0.348 e. The summed E-state index contributed by atoms with van der Waals surface area (Å²) in [6.45, 7) is 8.61. The fourth-order valence-corrected chi connectivity index (χ4v) is 3.43. The number of nitrogens with one attached hydrogen (secondary N) is 2. The molecule has 2 aliphatic rings. The molecule has 108 valence electrons. The molecule has 1 amide bonds. The molecule has 0 aromatic rings. The van der Waals surface area contributed by atoms with Crippen molar-refractivity contribution < 1.29 is 4.79 Å². The first-order valence-corrected chi connectivity index (χ1v) is 7.45. The lowest BCUT2D eigenvalue weighted by atomic mass is 9.82. The molecule has 0 saturated carbocycles. The molecule has 0 aliphatic carbocycles. The summed E-state index contributed by atoms with van der Waals surface area (Å²) in [6, 6.07) is 0. The minimum absolute atomic E-state index is 0.0982. The van der Waals surface area contributed by atoms with Crippen molar-refractivity contribution in [1.82, 2.24) is 15.5 Å². The Kier molecular flexibility index (Phi) is 3.89. The topological polar surface area (TPSA) is 44.4 Å². The lowest BCUT2D eigenvalue weighted by Crippen LogP contribution is -2.46. The molecule has 0 spiro atoms. The summed E-state index contributed by atoms with van der Waals surface area (Å²) in [7, 11) is 1.75. The highest BCUT2D eigenvalue weighted by Gasteiger charge is 2.45. The Morgan fingerprint density at radius 2 is 2.11 bits per heavy atom. The van der Waals surface area contributed by atoms with Crippen molar-refractivity contribution >= 4 is 23.2 Å². The first-order valence-electron chi connectivity index (χ1n) is 7.05. The van der Waals surface area contributed by atoms with Gasteiger partial charge < -0.3 is 10.6 Å². The van der Waals surface area contributed by atoms with Crippen LogP contribution in [-0.2, 0) is 4.79 Å². The molecule has 0 bridgehead atoms. The van der Waals surface area contributed by atoms with Crippen LogP contribution in [0.1, 0.15) is 40.0 Å². The fraction of sp³-hybridized carbons (Fsp3) is 0.857. The van der Waals surface area contributed by atoms with Gasteiger partial charge >= 0.3 is 0 Å². The van der Waals surface area contributed by atoms with Crippen molar-refractivity contribution in [3.63, 3.8) is 0 Å². The van der Waals surface area contributed by atoms with Crippen LogP contribution < -0.4 is 10.6 Å². The van der Waals surface area contributed by atoms with Crippen LogP contribution >= 0.6 is 12.2 Å². The van der Waals surface area contributed by atoms with Gasteiger partial charge in [-0.25, -0.2) is 0 Å². The third-order valence-corrected chi connectivity index (χ3v) is 4.80. The molecule has 2 atom stereocenters. The summed E-state index contributed by atoms with van der Waals surface area (Å²) in [6.07, 6.45) is 3.22. The first kappa shape index (κ1) is 14.7. The number of rotatable bonds is 2. The monoisotopic (exact) mass is 283 g/mol. The van der Waals surface area contributed by atoms with E-state index in [1.54, 1.807) is 11.9 Å². The maximum Gasteiger partial charge on any atom is 0.253 e. The Bertz CT molecular complexity index is 396. The second kappa shape index (κ2) is 5.02. The minimum Gasteiger partial charge on any atom is -0.348 e. The van der Waals surface area contributed by atoms with E-state index in [1.165, 1.54) is 12.8 Å². The van der Waals surface area contributed by atoms with Gasteiger partial charge in [-0.15, -0.1) is 0 Å². The molecule has 2 rings (SSSR count). The van der Waals surface area contributed by atoms with E-state index in [-0.39, 0.29) is 5.91 Å². The first-order chi connectivity index (χ1) is 8.73. The van der Waals surface area contributed by atoms with Gasteiger partial charge in [-0.3, -0.25) is 9.69 Å². The van der Waals surface area contributed by atoms with Gasteiger partial charge in [0.25, 0.3) is 5.91 Å². The summed E-state index contributed by atoms with van der Waals surface area (Å²) in [4.78, 5) is 13.8. The van der Waals surface area contributed by atoms with Crippen molar-refractivity contribution in [3.8, 4) is 0 Å². The zero-order valence-corrected chi connectivity index (χ0v) is 13.2. The van der Waals surface area contributed by atoms with Crippen LogP contribution in [0.25, 0.3) is 0 Å². The second-order valence-electron chi connectivity index (χ2n) is 7.03. The molecule has 4 nitrogen and oxygen atoms in total. The van der Waals surface area contributed by atoms with Gasteiger partial charge in [0.15, 0.2) is 5.11 Å². The van der Waals surface area contributed by atoms with E-state index in [4.69, 9.17) is 12.2 Å². The Morgan fingerprint density at radius 3 is 2.68 bits per heavy atom. The van der Waals surface area contributed by atoms with Crippen LogP contribution in [0.4, 0.5) is 0 Å². The predicted molar refractivity (Wildman–Crippen MR) is 80.9 cm³/mol. The number of carbonyl (C=O) groups excluding carboxylic acids is 1. The molecule has 0 aromatic heterocycles. The SMILES string of the molecule is CN1C(=O)C(C)(C[C@@H]2CCC(C)(C)CNC2)NC1=S. The minimum atomic E-state index is -0.521. The molecule has 1 unspecified atom stereocenters. The summed E-state index contributed by atoms with van der Waals surface area (Å²) in [5.74, 6) is 0.624. The Balaban J connectivity index is 2.01. The van der Waals surface area contributed by atoms with E-state index < -0.39 is 5.54 Å². The summed E-state index contributed by atoms with van der Waals surface area (Å²) in [5.41, 5.74) is -0.165. The van der Waals surface area contributed by atoms with Crippen molar-refractivity contribution in [3.05, 3.63) is 0 Å². The van der Waals surface area contributed by atoms with Crippen LogP contribution in [0.5, 0.6) is 0 Å². The summed E-state index contributed by atoms with van der Waals surface area (Å²) >= 11 is 5.18. The van der Waals surface area contributed by atoms with E-state index in [1.807, 2.05) is 6.92 Å². The van der Waals surface area contributed by atoms with Crippen LogP contribution in [0.15, 0.2) is 0 Å². The van der Waals surface area contributed by atoms with E-state index >= 15 is 0 Å². The number of nitrogens with zero attached hydrogens (tertiary/aromatic N) is 1. The molecule has 2 aliphatic heterocycles. The molecular weight excluding hydrogens is 258 g/mol. The molecule has 2 fully saturated rings. The summed E-state index contributed by atoms with van der Waals surface area (Å²) < 4.78 is 0. The molecule has 19 heavy (non-hydrogen) atoms. The van der Waals surface area contributed by atoms with E-state index in [9.17, 15) is 4.79 Å². The third-order valence-electron chi connectivity index (χ3n) is 4.43.